The Kier molecular flexibility index (Phi) is 4.28. The zero-order chi connectivity index (χ0) is 16.6. The first-order valence-corrected chi connectivity index (χ1v) is 7.75. The molecule has 0 atom stereocenters. The first kappa shape index (κ1) is 15.8. The van der Waals surface area contributed by atoms with Crippen molar-refractivity contribution < 1.29 is 14.3 Å². The molecule has 0 spiro atoms. The fourth-order valence-corrected chi connectivity index (χ4v) is 2.94. The van der Waals surface area contributed by atoms with Crippen LogP contribution in [-0.4, -0.2) is 25.3 Å². The van der Waals surface area contributed by atoms with E-state index in [4.69, 9.17) is 27.9 Å². The van der Waals surface area contributed by atoms with Crippen LogP contribution in [0.3, 0.4) is 0 Å². The highest BCUT2D eigenvalue weighted by Gasteiger charge is 2.30. The van der Waals surface area contributed by atoms with Crippen molar-refractivity contribution in [1.29, 1.82) is 0 Å². The molecule has 0 fully saturated rings. The number of carbonyl (C=O) groups excluding carboxylic acids is 2. The summed E-state index contributed by atoms with van der Waals surface area (Å²) in [5.41, 5.74) is 1.40. The lowest BCUT2D eigenvalue weighted by molar-refractivity contribution is 0.0954. The summed E-state index contributed by atoms with van der Waals surface area (Å²) in [6.45, 7) is 0.297. The second-order valence-electron chi connectivity index (χ2n) is 5.12. The predicted molar refractivity (Wildman–Crippen MR) is 90.1 cm³/mol. The number of rotatable bonds is 2. The standard InChI is InChI=1S/C17H13Cl2NO3/c1-23-15-4-2-3-11-14(21)7-8-20(16(11)15)17(22)10-5-6-12(18)13(19)9-10/h2-6,9H,7-8H2,1H3. The summed E-state index contributed by atoms with van der Waals surface area (Å²) in [7, 11) is 1.51. The number of amides is 1. The van der Waals surface area contributed by atoms with E-state index in [0.29, 0.717) is 39.2 Å². The van der Waals surface area contributed by atoms with Crippen molar-refractivity contribution >= 4 is 40.6 Å². The van der Waals surface area contributed by atoms with Crippen LogP contribution in [0.2, 0.25) is 10.0 Å². The molecule has 3 rings (SSSR count). The van der Waals surface area contributed by atoms with Gasteiger partial charge in [-0.15, -0.1) is 0 Å². The van der Waals surface area contributed by atoms with Gasteiger partial charge in [-0.2, -0.15) is 0 Å². The molecule has 0 bridgehead atoms. The molecule has 0 radical (unpaired) electrons. The molecule has 1 aliphatic heterocycles. The number of para-hydroxylation sites is 1. The monoisotopic (exact) mass is 349 g/mol. The zero-order valence-electron chi connectivity index (χ0n) is 12.3. The lowest BCUT2D eigenvalue weighted by Gasteiger charge is -2.30. The Morgan fingerprint density at radius 1 is 1.17 bits per heavy atom. The Labute approximate surface area is 143 Å². The first-order valence-electron chi connectivity index (χ1n) is 7.00. The smallest absolute Gasteiger partial charge is 0.258 e. The van der Waals surface area contributed by atoms with Crippen LogP contribution in [0.5, 0.6) is 5.75 Å². The third-order valence-electron chi connectivity index (χ3n) is 3.76. The number of ether oxygens (including phenoxy) is 1. The van der Waals surface area contributed by atoms with Gasteiger partial charge in [0.2, 0.25) is 0 Å². The average molecular weight is 350 g/mol. The maximum Gasteiger partial charge on any atom is 0.258 e. The summed E-state index contributed by atoms with van der Waals surface area (Å²) in [6.07, 6.45) is 0.271. The van der Waals surface area contributed by atoms with Gasteiger partial charge in [0.25, 0.3) is 5.91 Å². The van der Waals surface area contributed by atoms with Gasteiger partial charge in [0, 0.05) is 24.1 Å². The third kappa shape index (κ3) is 2.80. The number of nitrogens with zero attached hydrogens (tertiary/aromatic N) is 1. The molecule has 0 aliphatic carbocycles. The van der Waals surface area contributed by atoms with Crippen LogP contribution in [-0.2, 0) is 0 Å². The van der Waals surface area contributed by atoms with E-state index in [2.05, 4.69) is 0 Å². The Hall–Kier alpha value is -2.04. The fourth-order valence-electron chi connectivity index (χ4n) is 2.64. The van der Waals surface area contributed by atoms with E-state index < -0.39 is 0 Å². The number of carbonyl (C=O) groups is 2. The number of methoxy groups -OCH3 is 1. The Balaban J connectivity index is 2.08. The number of fused-ring (bicyclic) bond motifs is 1. The Bertz CT molecular complexity index is 804. The molecule has 118 valence electrons. The average Bonchev–Trinajstić information content (AvgIpc) is 2.57. The van der Waals surface area contributed by atoms with Crippen LogP contribution in [0.15, 0.2) is 36.4 Å². The van der Waals surface area contributed by atoms with Crippen LogP contribution >= 0.6 is 23.2 Å². The molecular formula is C17H13Cl2NO3. The number of Topliss-reactive ketones (excluding diaryl/α,β-unsaturated/α-hetero) is 1. The van der Waals surface area contributed by atoms with E-state index in [1.54, 1.807) is 35.2 Å². The molecule has 2 aromatic carbocycles. The highest BCUT2D eigenvalue weighted by molar-refractivity contribution is 6.42. The molecule has 0 saturated carbocycles. The van der Waals surface area contributed by atoms with Crippen LogP contribution in [0, 0.1) is 0 Å². The molecule has 0 N–H and O–H groups in total. The predicted octanol–water partition coefficient (Wildman–Crippen LogP) is 4.24. The van der Waals surface area contributed by atoms with E-state index >= 15 is 0 Å². The molecule has 0 aromatic heterocycles. The van der Waals surface area contributed by atoms with Gasteiger partial charge in [-0.3, -0.25) is 9.59 Å². The molecule has 0 saturated heterocycles. The number of hydrogen-bond donors (Lipinski definition) is 0. The maximum absolute atomic E-state index is 12.9. The highest BCUT2D eigenvalue weighted by atomic mass is 35.5. The van der Waals surface area contributed by atoms with Gasteiger partial charge in [-0.1, -0.05) is 29.3 Å². The highest BCUT2D eigenvalue weighted by Crippen LogP contribution is 2.37. The topological polar surface area (TPSA) is 46.6 Å². The second kappa shape index (κ2) is 6.22. The summed E-state index contributed by atoms with van der Waals surface area (Å²) in [5, 5.41) is 0.695. The molecular weight excluding hydrogens is 337 g/mol. The van der Waals surface area contributed by atoms with Crippen LogP contribution in [0.4, 0.5) is 5.69 Å². The lowest BCUT2D eigenvalue weighted by Crippen LogP contribution is -2.37. The first-order chi connectivity index (χ1) is 11.0. The van der Waals surface area contributed by atoms with Crippen LogP contribution in [0.1, 0.15) is 27.1 Å². The minimum atomic E-state index is -0.248. The van der Waals surface area contributed by atoms with E-state index in [-0.39, 0.29) is 18.1 Å². The van der Waals surface area contributed by atoms with E-state index in [0.717, 1.165) is 0 Å². The van der Waals surface area contributed by atoms with Gasteiger partial charge in [0.05, 0.1) is 22.8 Å². The molecule has 1 heterocycles. The molecule has 1 amide bonds. The molecule has 4 nitrogen and oxygen atoms in total. The summed E-state index contributed by atoms with van der Waals surface area (Å²) < 4.78 is 5.33. The molecule has 6 heteroatoms. The van der Waals surface area contributed by atoms with Crippen molar-refractivity contribution in [2.24, 2.45) is 0 Å². The molecule has 0 unspecified atom stereocenters. The minimum absolute atomic E-state index is 0.00270. The van der Waals surface area contributed by atoms with Gasteiger partial charge in [0.1, 0.15) is 5.75 Å². The van der Waals surface area contributed by atoms with Gasteiger partial charge >= 0.3 is 0 Å². The second-order valence-corrected chi connectivity index (χ2v) is 5.93. The van der Waals surface area contributed by atoms with Crippen molar-refractivity contribution in [2.45, 2.75) is 6.42 Å². The van der Waals surface area contributed by atoms with Gasteiger partial charge in [-0.05, 0) is 30.3 Å². The number of ketones is 1. The number of benzene rings is 2. The Morgan fingerprint density at radius 3 is 2.65 bits per heavy atom. The maximum atomic E-state index is 12.9. The van der Waals surface area contributed by atoms with Crippen molar-refractivity contribution in [1.82, 2.24) is 0 Å². The largest absolute Gasteiger partial charge is 0.495 e. The van der Waals surface area contributed by atoms with Crippen molar-refractivity contribution in [3.8, 4) is 5.75 Å². The van der Waals surface area contributed by atoms with Gasteiger partial charge < -0.3 is 9.64 Å². The number of hydrogen-bond acceptors (Lipinski definition) is 3. The van der Waals surface area contributed by atoms with Crippen molar-refractivity contribution in [2.75, 3.05) is 18.6 Å². The Morgan fingerprint density at radius 2 is 1.96 bits per heavy atom. The molecule has 23 heavy (non-hydrogen) atoms. The van der Waals surface area contributed by atoms with E-state index in [1.807, 2.05) is 0 Å². The zero-order valence-corrected chi connectivity index (χ0v) is 13.8. The van der Waals surface area contributed by atoms with Crippen LogP contribution in [0.25, 0.3) is 0 Å². The van der Waals surface area contributed by atoms with Crippen LogP contribution < -0.4 is 9.64 Å². The third-order valence-corrected chi connectivity index (χ3v) is 4.50. The summed E-state index contributed by atoms with van der Waals surface area (Å²) >= 11 is 11.9. The quantitative estimate of drug-likeness (QED) is 0.814. The van der Waals surface area contributed by atoms with Gasteiger partial charge in [-0.25, -0.2) is 0 Å². The summed E-state index contributed by atoms with van der Waals surface area (Å²) in [5.74, 6) is 0.239. The lowest BCUT2D eigenvalue weighted by atomic mass is 9.98. The number of halogens is 2. The van der Waals surface area contributed by atoms with Crippen molar-refractivity contribution in [3.63, 3.8) is 0 Å². The summed E-state index contributed by atoms with van der Waals surface area (Å²) in [4.78, 5) is 26.5. The molecule has 2 aromatic rings. The fraction of sp³-hybridized carbons (Fsp3) is 0.176. The van der Waals surface area contributed by atoms with Crippen molar-refractivity contribution in [3.05, 3.63) is 57.6 Å². The normalized spacial score (nSPS) is 13.7. The summed E-state index contributed by atoms with van der Waals surface area (Å²) in [6, 6.07) is 9.89. The van der Waals surface area contributed by atoms with Gasteiger partial charge in [0.15, 0.2) is 5.78 Å². The number of anilines is 1. The minimum Gasteiger partial charge on any atom is -0.495 e. The molecule has 1 aliphatic rings. The SMILES string of the molecule is COc1cccc2c1N(C(=O)c1ccc(Cl)c(Cl)c1)CCC2=O. The van der Waals surface area contributed by atoms with E-state index in [1.165, 1.54) is 13.2 Å². The van der Waals surface area contributed by atoms with E-state index in [9.17, 15) is 9.59 Å².